The molecule has 4 rings (SSSR count). The van der Waals surface area contributed by atoms with Crippen LogP contribution in [-0.2, 0) is 4.74 Å². The Morgan fingerprint density at radius 2 is 1.12 bits per heavy atom. The summed E-state index contributed by atoms with van der Waals surface area (Å²) in [5.74, 6) is 2.07. The van der Waals surface area contributed by atoms with Gasteiger partial charge < -0.3 is 4.74 Å². The molecule has 240 valence electrons. The van der Waals surface area contributed by atoms with Crippen molar-refractivity contribution in [1.29, 1.82) is 0 Å². The monoisotopic (exact) mass is 582 g/mol. The summed E-state index contributed by atoms with van der Waals surface area (Å²) in [6.07, 6.45) is 22.7. The van der Waals surface area contributed by atoms with Crippen molar-refractivity contribution in [1.82, 2.24) is 0 Å². The van der Waals surface area contributed by atoms with Crippen LogP contribution < -0.4 is 0 Å². The van der Waals surface area contributed by atoms with Crippen LogP contribution in [0, 0.1) is 41.4 Å². The van der Waals surface area contributed by atoms with Gasteiger partial charge in [0.15, 0.2) is 0 Å². The molecule has 0 N–H and O–H groups in total. The Morgan fingerprint density at radius 1 is 0.537 bits per heavy atom. The molecule has 0 aromatic rings. The minimum atomic E-state index is -1.28. The van der Waals surface area contributed by atoms with Gasteiger partial charge in [0.1, 0.15) is 18.5 Å². The van der Waals surface area contributed by atoms with Crippen LogP contribution in [0.3, 0.4) is 0 Å². The molecule has 0 radical (unpaired) electrons. The fraction of sp³-hybridized carbons (Fsp3) is 1.00. The van der Waals surface area contributed by atoms with E-state index < -0.39 is 18.5 Å². The van der Waals surface area contributed by atoms with E-state index in [4.69, 9.17) is 4.74 Å². The van der Waals surface area contributed by atoms with Crippen LogP contribution in [0.4, 0.5) is 13.2 Å². The van der Waals surface area contributed by atoms with E-state index in [-0.39, 0.29) is 17.8 Å². The Balaban J connectivity index is 1.10. The van der Waals surface area contributed by atoms with Gasteiger partial charge in [-0.1, -0.05) is 78.1 Å². The van der Waals surface area contributed by atoms with Crippen LogP contribution >= 0.6 is 0 Å². The van der Waals surface area contributed by atoms with Crippen molar-refractivity contribution in [3.05, 3.63) is 0 Å². The summed E-state index contributed by atoms with van der Waals surface area (Å²) in [7, 11) is 0. The first-order valence-electron chi connectivity index (χ1n) is 18.5. The van der Waals surface area contributed by atoms with Gasteiger partial charge in [0, 0.05) is 6.61 Å². The molecule has 41 heavy (non-hydrogen) atoms. The second-order valence-corrected chi connectivity index (χ2v) is 15.1. The smallest absolute Gasteiger partial charge is 0.134 e. The minimum Gasteiger partial charge on any atom is -0.378 e. The van der Waals surface area contributed by atoms with Crippen molar-refractivity contribution in [3.8, 4) is 0 Å². The first-order valence-corrected chi connectivity index (χ1v) is 18.5. The molecule has 0 aliphatic heterocycles. The van der Waals surface area contributed by atoms with E-state index in [1.165, 1.54) is 44.9 Å². The second-order valence-electron chi connectivity index (χ2n) is 15.1. The maximum atomic E-state index is 15.6. The molecule has 4 aliphatic carbocycles. The van der Waals surface area contributed by atoms with Crippen LogP contribution in [0.5, 0.6) is 0 Å². The van der Waals surface area contributed by atoms with Crippen molar-refractivity contribution < 1.29 is 17.9 Å². The molecule has 0 spiro atoms. The highest BCUT2D eigenvalue weighted by atomic mass is 19.2. The van der Waals surface area contributed by atoms with Gasteiger partial charge in [0.2, 0.25) is 0 Å². The standard InChI is InChI=1S/C37H65F3O/c1-3-5-7-8-9-10-28-14-18-31(35(38)26-28)17-13-27-11-15-29(16-12-27)33-23-24-34(37(40)36(33)39)30-19-21-32(22-20-30)41-25-6-4-2/h27-37H,3-26H2,1-2H3. The lowest BCUT2D eigenvalue weighted by Gasteiger charge is -2.44. The first-order chi connectivity index (χ1) is 20.0. The number of rotatable bonds is 15. The third-order valence-corrected chi connectivity index (χ3v) is 12.3. The van der Waals surface area contributed by atoms with Crippen molar-refractivity contribution in [2.45, 2.75) is 186 Å². The Kier molecular flexibility index (Phi) is 14.7. The summed E-state index contributed by atoms with van der Waals surface area (Å²) in [6, 6.07) is 0. The SMILES string of the molecule is CCCCCCCC1CCC(CCC2CCC(C3CCC(C4CCC(OCCCC)CC4)C(F)C3F)CC2)C(F)C1. The molecule has 0 saturated heterocycles. The average Bonchev–Trinajstić information content (AvgIpc) is 2.99. The minimum absolute atomic E-state index is 0.0802. The van der Waals surface area contributed by atoms with Gasteiger partial charge in [0.25, 0.3) is 0 Å². The Labute approximate surface area is 251 Å². The molecule has 0 amide bonds. The van der Waals surface area contributed by atoms with Crippen molar-refractivity contribution >= 4 is 0 Å². The maximum absolute atomic E-state index is 15.6. The molecular weight excluding hydrogens is 517 g/mol. The van der Waals surface area contributed by atoms with Crippen molar-refractivity contribution in [2.75, 3.05) is 6.61 Å². The number of ether oxygens (including phenoxy) is 1. The molecule has 4 fully saturated rings. The quantitative estimate of drug-likeness (QED) is 0.175. The van der Waals surface area contributed by atoms with Crippen LogP contribution in [0.2, 0.25) is 0 Å². The molecule has 0 aromatic carbocycles. The molecule has 1 nitrogen and oxygen atoms in total. The van der Waals surface area contributed by atoms with Gasteiger partial charge in [-0.15, -0.1) is 0 Å². The zero-order valence-electron chi connectivity index (χ0n) is 26.9. The highest BCUT2D eigenvalue weighted by Crippen LogP contribution is 2.48. The summed E-state index contributed by atoms with van der Waals surface area (Å²) in [4.78, 5) is 0. The molecule has 4 aliphatic rings. The lowest BCUT2D eigenvalue weighted by Crippen LogP contribution is -2.45. The Bertz CT molecular complexity index is 686. The summed E-state index contributed by atoms with van der Waals surface area (Å²) in [6.45, 7) is 5.28. The third-order valence-electron chi connectivity index (χ3n) is 12.3. The number of halogens is 3. The summed E-state index contributed by atoms with van der Waals surface area (Å²) in [5.41, 5.74) is 0. The second kappa shape index (κ2) is 17.9. The highest BCUT2D eigenvalue weighted by Gasteiger charge is 2.46. The number of alkyl halides is 3. The highest BCUT2D eigenvalue weighted by molar-refractivity contribution is 4.95. The van der Waals surface area contributed by atoms with Gasteiger partial charge in [0.05, 0.1) is 6.10 Å². The van der Waals surface area contributed by atoms with Gasteiger partial charge in [-0.05, 0) is 125 Å². The third kappa shape index (κ3) is 10.1. The molecule has 4 heteroatoms. The largest absolute Gasteiger partial charge is 0.378 e. The van der Waals surface area contributed by atoms with Crippen LogP contribution in [0.25, 0.3) is 0 Å². The van der Waals surface area contributed by atoms with E-state index in [0.717, 1.165) is 109 Å². The molecule has 0 aromatic heterocycles. The first kappa shape index (κ1) is 33.6. The van der Waals surface area contributed by atoms with E-state index in [2.05, 4.69) is 13.8 Å². The van der Waals surface area contributed by atoms with Crippen LogP contribution in [0.15, 0.2) is 0 Å². The molecule has 7 unspecified atom stereocenters. The predicted molar refractivity (Wildman–Crippen MR) is 166 cm³/mol. The van der Waals surface area contributed by atoms with E-state index in [1.54, 1.807) is 0 Å². The summed E-state index contributed by atoms with van der Waals surface area (Å²) in [5, 5.41) is 0. The fourth-order valence-electron chi connectivity index (χ4n) is 9.48. The predicted octanol–water partition coefficient (Wildman–Crippen LogP) is 11.8. The molecule has 0 heterocycles. The Morgan fingerprint density at radius 3 is 1.73 bits per heavy atom. The van der Waals surface area contributed by atoms with Crippen LogP contribution in [0.1, 0.15) is 162 Å². The van der Waals surface area contributed by atoms with Gasteiger partial charge in [-0.25, -0.2) is 13.2 Å². The van der Waals surface area contributed by atoms with E-state index in [0.29, 0.717) is 29.8 Å². The van der Waals surface area contributed by atoms with Crippen molar-refractivity contribution in [3.63, 3.8) is 0 Å². The topological polar surface area (TPSA) is 9.23 Å². The Hall–Kier alpha value is -0.250. The lowest BCUT2D eigenvalue weighted by atomic mass is 9.63. The molecular formula is C37H65F3O. The average molecular weight is 583 g/mol. The van der Waals surface area contributed by atoms with Crippen molar-refractivity contribution in [2.24, 2.45) is 41.4 Å². The fourth-order valence-corrected chi connectivity index (χ4v) is 9.48. The number of hydrogen-bond donors (Lipinski definition) is 0. The summed E-state index contributed by atoms with van der Waals surface area (Å²) < 4.78 is 52.1. The lowest BCUT2D eigenvalue weighted by molar-refractivity contribution is -0.0487. The molecule has 0 bridgehead atoms. The summed E-state index contributed by atoms with van der Waals surface area (Å²) >= 11 is 0. The zero-order chi connectivity index (χ0) is 29.0. The van der Waals surface area contributed by atoms with E-state index in [1.807, 2.05) is 0 Å². The number of unbranched alkanes of at least 4 members (excludes halogenated alkanes) is 5. The van der Waals surface area contributed by atoms with Crippen LogP contribution in [-0.4, -0.2) is 31.2 Å². The van der Waals surface area contributed by atoms with Gasteiger partial charge in [-0.2, -0.15) is 0 Å². The van der Waals surface area contributed by atoms with Gasteiger partial charge >= 0.3 is 0 Å². The normalized spacial score (nSPS) is 40.5. The molecule has 4 saturated carbocycles. The number of hydrogen-bond acceptors (Lipinski definition) is 1. The zero-order valence-corrected chi connectivity index (χ0v) is 26.9. The van der Waals surface area contributed by atoms with E-state index >= 15 is 13.2 Å². The molecule has 7 atom stereocenters. The van der Waals surface area contributed by atoms with E-state index in [9.17, 15) is 0 Å². The maximum Gasteiger partial charge on any atom is 0.134 e. The van der Waals surface area contributed by atoms with Gasteiger partial charge in [-0.3, -0.25) is 0 Å².